The summed E-state index contributed by atoms with van der Waals surface area (Å²) in [7, 11) is 0. The maximum Gasteiger partial charge on any atom is 0.417 e. The first-order valence-electron chi connectivity index (χ1n) is 8.83. The number of hydrogen-bond donors (Lipinski definition) is 1. The van der Waals surface area contributed by atoms with Crippen molar-refractivity contribution < 1.29 is 18.0 Å². The molecule has 0 saturated carbocycles. The molecule has 1 amide bonds. The lowest BCUT2D eigenvalue weighted by Crippen LogP contribution is -2.69. The van der Waals surface area contributed by atoms with Gasteiger partial charge in [0.15, 0.2) is 0 Å². The van der Waals surface area contributed by atoms with Crippen LogP contribution in [0.3, 0.4) is 0 Å². The van der Waals surface area contributed by atoms with Crippen LogP contribution in [0.5, 0.6) is 0 Å². The number of nitrogens with zero attached hydrogens (tertiary/aromatic N) is 1. The molecule has 0 spiro atoms. The van der Waals surface area contributed by atoms with Crippen LogP contribution in [0.4, 0.5) is 13.2 Å². The van der Waals surface area contributed by atoms with E-state index in [9.17, 15) is 18.0 Å². The van der Waals surface area contributed by atoms with E-state index in [0.717, 1.165) is 43.3 Å². The van der Waals surface area contributed by atoms with Crippen LogP contribution in [-0.2, 0) is 6.18 Å². The Morgan fingerprint density at radius 2 is 1.93 bits per heavy atom. The smallest absolute Gasteiger partial charge is 0.346 e. The molecule has 1 aromatic heterocycles. The molecule has 148 valence electrons. The van der Waals surface area contributed by atoms with Crippen LogP contribution in [0.1, 0.15) is 41.9 Å². The minimum Gasteiger partial charge on any atom is -0.346 e. The third kappa shape index (κ3) is 3.45. The summed E-state index contributed by atoms with van der Waals surface area (Å²) in [6.45, 7) is 6.36. The molecule has 5 rings (SSSR count). The van der Waals surface area contributed by atoms with Crippen molar-refractivity contribution in [1.82, 2.24) is 10.2 Å². The first-order valence-corrected chi connectivity index (χ1v) is 9.65. The van der Waals surface area contributed by atoms with Gasteiger partial charge in [0.25, 0.3) is 5.91 Å². The predicted molar refractivity (Wildman–Crippen MR) is 104 cm³/mol. The lowest BCUT2D eigenvalue weighted by molar-refractivity contribution is -0.136. The van der Waals surface area contributed by atoms with Crippen LogP contribution in [0.25, 0.3) is 10.1 Å². The van der Waals surface area contributed by atoms with E-state index in [1.54, 1.807) is 12.1 Å². The topological polar surface area (TPSA) is 32.3 Å². The van der Waals surface area contributed by atoms with Gasteiger partial charge < -0.3 is 5.32 Å². The molecule has 2 aromatic rings. The largest absolute Gasteiger partial charge is 0.417 e. The molecule has 3 nitrogen and oxygen atoms in total. The summed E-state index contributed by atoms with van der Waals surface area (Å²) in [5.41, 5.74) is -0.813. The number of rotatable bonds is 2. The van der Waals surface area contributed by atoms with Gasteiger partial charge in [0.2, 0.25) is 0 Å². The first-order chi connectivity index (χ1) is 12.2. The molecule has 2 bridgehead atoms. The van der Waals surface area contributed by atoms with Crippen molar-refractivity contribution in [2.45, 2.75) is 44.4 Å². The number of thiophene rings is 1. The highest BCUT2D eigenvalue weighted by Gasteiger charge is 2.48. The van der Waals surface area contributed by atoms with E-state index < -0.39 is 11.7 Å². The number of nitrogens with one attached hydrogen (secondary N) is 1. The van der Waals surface area contributed by atoms with Gasteiger partial charge in [-0.15, -0.1) is 23.7 Å². The fourth-order valence-electron chi connectivity index (χ4n) is 4.49. The van der Waals surface area contributed by atoms with Crippen molar-refractivity contribution in [3.63, 3.8) is 0 Å². The van der Waals surface area contributed by atoms with Crippen molar-refractivity contribution in [2.75, 3.05) is 13.1 Å². The normalized spacial score (nSPS) is 26.6. The average molecular weight is 419 g/mol. The molecule has 1 aromatic carbocycles. The Bertz CT molecular complexity index is 856. The molecule has 1 N–H and O–H groups in total. The molecular weight excluding hydrogens is 397 g/mol. The molecule has 3 fully saturated rings. The molecule has 0 aliphatic carbocycles. The van der Waals surface area contributed by atoms with Gasteiger partial charge in [-0.2, -0.15) is 13.2 Å². The Labute approximate surface area is 166 Å². The van der Waals surface area contributed by atoms with Gasteiger partial charge in [-0.25, -0.2) is 0 Å². The van der Waals surface area contributed by atoms with Crippen molar-refractivity contribution >= 4 is 39.7 Å². The third-order valence-corrected chi connectivity index (χ3v) is 7.13. The highest BCUT2D eigenvalue weighted by Crippen LogP contribution is 2.41. The Morgan fingerprint density at radius 3 is 2.52 bits per heavy atom. The number of carbonyl (C=O) groups is 1. The van der Waals surface area contributed by atoms with Crippen LogP contribution in [0.2, 0.25) is 0 Å². The maximum absolute atomic E-state index is 13.2. The van der Waals surface area contributed by atoms with Gasteiger partial charge in [-0.3, -0.25) is 9.69 Å². The van der Waals surface area contributed by atoms with Gasteiger partial charge in [-0.1, -0.05) is 12.1 Å². The Balaban J connectivity index is 0.00000210. The Morgan fingerprint density at radius 1 is 1.26 bits per heavy atom. The monoisotopic (exact) mass is 418 g/mol. The number of amides is 1. The molecule has 3 saturated heterocycles. The van der Waals surface area contributed by atoms with E-state index in [4.69, 9.17) is 0 Å². The zero-order valence-electron chi connectivity index (χ0n) is 15.1. The number of hydrogen-bond acceptors (Lipinski definition) is 3. The number of carbonyl (C=O) groups excluding carboxylic acids is 1. The van der Waals surface area contributed by atoms with Crippen LogP contribution in [0, 0.1) is 5.92 Å². The van der Waals surface area contributed by atoms with Gasteiger partial charge in [-0.05, 0) is 63.2 Å². The minimum absolute atomic E-state index is 0. The summed E-state index contributed by atoms with van der Waals surface area (Å²) < 4.78 is 39.7. The van der Waals surface area contributed by atoms with Crippen LogP contribution in [-0.4, -0.2) is 35.5 Å². The van der Waals surface area contributed by atoms with Crippen molar-refractivity contribution in [1.29, 1.82) is 0 Å². The zero-order valence-corrected chi connectivity index (χ0v) is 16.7. The number of piperidine rings is 3. The minimum atomic E-state index is -4.42. The number of benzene rings is 1. The number of alkyl halides is 3. The standard InChI is InChI=1S/C19H21F3N2OS.ClH/c1-18(2)16(11-6-8-24(18)9-7-11)23-17(25)14-10-12-4-3-5-13(15(12)26-14)19(20,21)22;/h3-5,10-11,16H,6-9H2,1-2H3,(H,23,25);1H/t16-;/m1./s1. The fraction of sp³-hybridized carbons (Fsp3) is 0.526. The summed E-state index contributed by atoms with van der Waals surface area (Å²) in [6.07, 6.45) is -2.31. The van der Waals surface area contributed by atoms with E-state index in [1.165, 1.54) is 6.07 Å². The maximum atomic E-state index is 13.2. The Kier molecular flexibility index (Phi) is 5.25. The fourth-order valence-corrected chi connectivity index (χ4v) is 5.58. The number of halogens is 4. The average Bonchev–Trinajstić information content (AvgIpc) is 3.01. The van der Waals surface area contributed by atoms with E-state index in [1.807, 2.05) is 0 Å². The second-order valence-electron chi connectivity index (χ2n) is 7.76. The molecule has 1 atom stereocenters. The van der Waals surface area contributed by atoms with Gasteiger partial charge >= 0.3 is 6.18 Å². The van der Waals surface area contributed by atoms with Crippen molar-refractivity contribution in [3.8, 4) is 0 Å². The van der Waals surface area contributed by atoms with Crippen LogP contribution >= 0.6 is 23.7 Å². The van der Waals surface area contributed by atoms with Gasteiger partial charge in [0.05, 0.1) is 10.4 Å². The predicted octanol–water partition coefficient (Wildman–Crippen LogP) is 4.94. The summed E-state index contributed by atoms with van der Waals surface area (Å²) in [4.78, 5) is 15.5. The summed E-state index contributed by atoms with van der Waals surface area (Å²) in [5, 5.41) is 3.59. The summed E-state index contributed by atoms with van der Waals surface area (Å²) in [6, 6.07) is 5.66. The first kappa shape index (κ1) is 20.4. The van der Waals surface area contributed by atoms with E-state index in [2.05, 4.69) is 24.1 Å². The quantitative estimate of drug-likeness (QED) is 0.748. The van der Waals surface area contributed by atoms with Crippen molar-refractivity contribution in [3.05, 3.63) is 34.7 Å². The van der Waals surface area contributed by atoms with E-state index in [0.29, 0.717) is 16.2 Å². The van der Waals surface area contributed by atoms with Crippen LogP contribution < -0.4 is 5.32 Å². The molecule has 3 aliphatic heterocycles. The second-order valence-corrected chi connectivity index (χ2v) is 8.81. The molecule has 27 heavy (non-hydrogen) atoms. The summed E-state index contributed by atoms with van der Waals surface area (Å²) >= 11 is 0.922. The number of fused-ring (bicyclic) bond motifs is 4. The Hall–Kier alpha value is -1.31. The highest BCUT2D eigenvalue weighted by molar-refractivity contribution is 7.21. The lowest BCUT2D eigenvalue weighted by atomic mass is 9.72. The molecule has 0 unspecified atom stereocenters. The summed E-state index contributed by atoms with van der Waals surface area (Å²) in [5.74, 6) is 0.158. The van der Waals surface area contributed by atoms with Gasteiger partial charge in [0, 0.05) is 16.3 Å². The SMILES string of the molecule is CC1(C)[C@H](NC(=O)c2cc3cccc(C(F)(F)F)c3s2)C2CCN1CC2.Cl. The highest BCUT2D eigenvalue weighted by atomic mass is 35.5. The molecule has 8 heteroatoms. The molecular formula is C19H22ClF3N2OS. The molecule has 3 aliphatic rings. The molecule has 4 heterocycles. The lowest BCUT2D eigenvalue weighted by Gasteiger charge is -2.56. The van der Waals surface area contributed by atoms with Crippen LogP contribution in [0.15, 0.2) is 24.3 Å². The van der Waals surface area contributed by atoms with E-state index in [-0.39, 0.29) is 34.6 Å². The molecule has 0 radical (unpaired) electrons. The second kappa shape index (κ2) is 6.94. The van der Waals surface area contributed by atoms with Gasteiger partial charge in [0.1, 0.15) is 0 Å². The third-order valence-electron chi connectivity index (χ3n) is 5.95. The van der Waals surface area contributed by atoms with E-state index >= 15 is 0 Å². The van der Waals surface area contributed by atoms with Crippen molar-refractivity contribution in [2.24, 2.45) is 5.92 Å². The zero-order chi connectivity index (χ0) is 18.7.